The molecule has 22 heavy (non-hydrogen) atoms. The van der Waals surface area contributed by atoms with Gasteiger partial charge in [0.2, 0.25) is 0 Å². The van der Waals surface area contributed by atoms with Crippen LogP contribution in [0.25, 0.3) is 0 Å². The molecule has 1 saturated carbocycles. The zero-order chi connectivity index (χ0) is 15.9. The van der Waals surface area contributed by atoms with Crippen molar-refractivity contribution in [3.8, 4) is 0 Å². The first kappa shape index (κ1) is 19.4. The van der Waals surface area contributed by atoms with Gasteiger partial charge >= 0.3 is 5.97 Å². The summed E-state index contributed by atoms with van der Waals surface area (Å²) in [6.45, 7) is 4.92. The molecule has 0 N–H and O–H groups in total. The highest BCUT2D eigenvalue weighted by atomic mass is 16.5. The minimum absolute atomic E-state index is 0.0670. The maximum Gasteiger partial charge on any atom is 0.306 e. The lowest BCUT2D eigenvalue weighted by Crippen LogP contribution is -2.21. The summed E-state index contributed by atoms with van der Waals surface area (Å²) in [6, 6.07) is 0. The molecule has 4 nitrogen and oxygen atoms in total. The van der Waals surface area contributed by atoms with E-state index >= 15 is 0 Å². The molecule has 0 unspecified atom stereocenters. The second-order valence-electron chi connectivity index (χ2n) is 6.14. The highest BCUT2D eigenvalue weighted by Crippen LogP contribution is 2.20. The maximum atomic E-state index is 11.7. The van der Waals surface area contributed by atoms with Gasteiger partial charge in [-0.25, -0.2) is 0 Å². The fraction of sp³-hybridized carbons (Fsp3) is 0.944. The van der Waals surface area contributed by atoms with Gasteiger partial charge in [-0.15, -0.1) is 0 Å². The van der Waals surface area contributed by atoms with Gasteiger partial charge in [0.25, 0.3) is 0 Å². The SMILES string of the molecule is CCCCCCOCCOCCCC(=O)OC1CCCCC1. The van der Waals surface area contributed by atoms with Gasteiger partial charge in [-0.05, 0) is 38.5 Å². The highest BCUT2D eigenvalue weighted by molar-refractivity contribution is 5.69. The van der Waals surface area contributed by atoms with E-state index in [-0.39, 0.29) is 12.1 Å². The predicted octanol–water partition coefficient (Wildman–Crippen LogP) is 4.26. The third-order valence-electron chi connectivity index (χ3n) is 4.03. The highest BCUT2D eigenvalue weighted by Gasteiger charge is 2.17. The van der Waals surface area contributed by atoms with Crippen LogP contribution >= 0.6 is 0 Å². The van der Waals surface area contributed by atoms with Gasteiger partial charge in [0.1, 0.15) is 6.10 Å². The smallest absolute Gasteiger partial charge is 0.306 e. The molecular formula is C18H34O4. The van der Waals surface area contributed by atoms with Gasteiger partial charge in [0.15, 0.2) is 0 Å². The molecule has 0 atom stereocenters. The number of unbranched alkanes of at least 4 members (excludes halogenated alkanes) is 3. The largest absolute Gasteiger partial charge is 0.462 e. The number of carbonyl (C=O) groups excluding carboxylic acids is 1. The molecule has 130 valence electrons. The van der Waals surface area contributed by atoms with Crippen molar-refractivity contribution < 1.29 is 19.0 Å². The molecule has 1 rings (SSSR count). The maximum absolute atomic E-state index is 11.7. The van der Waals surface area contributed by atoms with E-state index in [9.17, 15) is 4.79 Å². The number of hydrogen-bond acceptors (Lipinski definition) is 4. The standard InChI is InChI=1S/C18H34O4/c1-2-3-4-8-13-20-15-16-21-14-9-12-18(19)22-17-10-6-5-7-11-17/h17H,2-16H2,1H3. The van der Waals surface area contributed by atoms with Crippen molar-refractivity contribution in [3.05, 3.63) is 0 Å². The monoisotopic (exact) mass is 314 g/mol. The Bertz CT molecular complexity index is 262. The quantitative estimate of drug-likeness (QED) is 0.376. The fourth-order valence-corrected chi connectivity index (χ4v) is 2.70. The Morgan fingerprint density at radius 3 is 2.23 bits per heavy atom. The molecule has 0 bridgehead atoms. The fourth-order valence-electron chi connectivity index (χ4n) is 2.70. The molecule has 0 spiro atoms. The predicted molar refractivity (Wildman–Crippen MR) is 88.0 cm³/mol. The lowest BCUT2D eigenvalue weighted by atomic mass is 9.98. The second-order valence-corrected chi connectivity index (χ2v) is 6.14. The Kier molecular flexibility index (Phi) is 12.4. The van der Waals surface area contributed by atoms with Crippen LogP contribution in [0.1, 0.15) is 77.6 Å². The Balaban J connectivity index is 1.79. The van der Waals surface area contributed by atoms with Gasteiger partial charge in [-0.3, -0.25) is 4.79 Å². The van der Waals surface area contributed by atoms with E-state index < -0.39 is 0 Å². The van der Waals surface area contributed by atoms with Gasteiger partial charge < -0.3 is 14.2 Å². The number of carbonyl (C=O) groups is 1. The Morgan fingerprint density at radius 1 is 0.864 bits per heavy atom. The van der Waals surface area contributed by atoms with E-state index in [0.29, 0.717) is 26.2 Å². The summed E-state index contributed by atoms with van der Waals surface area (Å²) in [6.07, 6.45) is 12.1. The molecule has 0 aromatic rings. The van der Waals surface area contributed by atoms with Crippen LogP contribution in [0, 0.1) is 0 Å². The lowest BCUT2D eigenvalue weighted by molar-refractivity contribution is -0.150. The first-order chi connectivity index (χ1) is 10.8. The zero-order valence-corrected chi connectivity index (χ0v) is 14.3. The van der Waals surface area contributed by atoms with E-state index in [1.165, 1.54) is 38.5 Å². The summed E-state index contributed by atoms with van der Waals surface area (Å²) < 4.78 is 16.4. The molecule has 4 heteroatoms. The van der Waals surface area contributed by atoms with Crippen LogP contribution in [0.15, 0.2) is 0 Å². The number of ether oxygens (including phenoxy) is 3. The van der Waals surface area contributed by atoms with Gasteiger partial charge in [0.05, 0.1) is 13.2 Å². The molecule has 0 aromatic heterocycles. The molecule has 1 aliphatic rings. The minimum Gasteiger partial charge on any atom is -0.462 e. The van der Waals surface area contributed by atoms with Crippen LogP contribution < -0.4 is 0 Å². The van der Waals surface area contributed by atoms with Gasteiger partial charge in [-0.1, -0.05) is 32.6 Å². The van der Waals surface area contributed by atoms with E-state index in [1.807, 2.05) is 0 Å². The zero-order valence-electron chi connectivity index (χ0n) is 14.3. The van der Waals surface area contributed by atoms with Crippen molar-refractivity contribution in [1.82, 2.24) is 0 Å². The average molecular weight is 314 g/mol. The molecule has 1 aliphatic carbocycles. The minimum atomic E-state index is -0.0670. The van der Waals surface area contributed by atoms with E-state index in [0.717, 1.165) is 32.3 Å². The topological polar surface area (TPSA) is 44.8 Å². The van der Waals surface area contributed by atoms with Crippen molar-refractivity contribution >= 4 is 5.97 Å². The third-order valence-corrected chi connectivity index (χ3v) is 4.03. The van der Waals surface area contributed by atoms with E-state index in [2.05, 4.69) is 6.92 Å². The second kappa shape index (κ2) is 14.0. The van der Waals surface area contributed by atoms with Crippen LogP contribution in [0.5, 0.6) is 0 Å². The molecule has 0 radical (unpaired) electrons. The van der Waals surface area contributed by atoms with Gasteiger partial charge in [-0.2, -0.15) is 0 Å². The van der Waals surface area contributed by atoms with Crippen LogP contribution in [-0.4, -0.2) is 38.5 Å². The first-order valence-electron chi connectivity index (χ1n) is 9.18. The van der Waals surface area contributed by atoms with Crippen LogP contribution in [0.4, 0.5) is 0 Å². The Morgan fingerprint density at radius 2 is 1.55 bits per heavy atom. The summed E-state index contributed by atoms with van der Waals surface area (Å²) in [4.78, 5) is 11.7. The van der Waals surface area contributed by atoms with Crippen LogP contribution in [0.2, 0.25) is 0 Å². The van der Waals surface area contributed by atoms with Crippen LogP contribution in [0.3, 0.4) is 0 Å². The molecule has 0 aliphatic heterocycles. The lowest BCUT2D eigenvalue weighted by Gasteiger charge is -2.21. The number of hydrogen-bond donors (Lipinski definition) is 0. The average Bonchev–Trinajstić information content (AvgIpc) is 2.53. The molecule has 0 saturated heterocycles. The summed E-state index contributed by atoms with van der Waals surface area (Å²) >= 11 is 0. The third kappa shape index (κ3) is 11.0. The van der Waals surface area contributed by atoms with E-state index in [1.54, 1.807) is 0 Å². The Hall–Kier alpha value is -0.610. The van der Waals surface area contributed by atoms with Crippen molar-refractivity contribution in [2.75, 3.05) is 26.4 Å². The van der Waals surface area contributed by atoms with Crippen molar-refractivity contribution in [2.24, 2.45) is 0 Å². The van der Waals surface area contributed by atoms with Crippen LogP contribution in [-0.2, 0) is 19.0 Å². The van der Waals surface area contributed by atoms with E-state index in [4.69, 9.17) is 14.2 Å². The molecular weight excluding hydrogens is 280 g/mol. The van der Waals surface area contributed by atoms with Crippen molar-refractivity contribution in [1.29, 1.82) is 0 Å². The molecule has 0 amide bonds. The molecule has 0 heterocycles. The number of rotatable bonds is 13. The normalized spacial score (nSPS) is 15.9. The summed E-state index contributed by atoms with van der Waals surface area (Å²) in [5, 5.41) is 0. The van der Waals surface area contributed by atoms with Gasteiger partial charge in [0, 0.05) is 19.6 Å². The summed E-state index contributed by atoms with van der Waals surface area (Å²) in [5.41, 5.74) is 0. The number of esters is 1. The summed E-state index contributed by atoms with van der Waals surface area (Å²) in [7, 11) is 0. The molecule has 0 aromatic carbocycles. The van der Waals surface area contributed by atoms with Crippen molar-refractivity contribution in [2.45, 2.75) is 83.7 Å². The molecule has 1 fully saturated rings. The van der Waals surface area contributed by atoms with Crippen molar-refractivity contribution in [3.63, 3.8) is 0 Å². The first-order valence-corrected chi connectivity index (χ1v) is 9.18. The summed E-state index contributed by atoms with van der Waals surface area (Å²) in [5.74, 6) is -0.0670. The Labute approximate surface area is 135 Å².